The van der Waals surface area contributed by atoms with E-state index in [0.717, 1.165) is 0 Å². The summed E-state index contributed by atoms with van der Waals surface area (Å²) in [7, 11) is 0. The summed E-state index contributed by atoms with van der Waals surface area (Å²) in [4.78, 5) is 11.6. The molecule has 0 heterocycles. The molecule has 0 bridgehead atoms. The van der Waals surface area contributed by atoms with Crippen molar-refractivity contribution in [2.45, 2.75) is 26.2 Å². The van der Waals surface area contributed by atoms with E-state index in [1.807, 2.05) is 6.92 Å². The fraction of sp³-hybridized carbons (Fsp3) is 0.417. The summed E-state index contributed by atoms with van der Waals surface area (Å²) in [6.07, 6.45) is 1.69. The molecule has 0 saturated heterocycles. The minimum Gasteiger partial charge on any atom is -0.294 e. The van der Waals surface area contributed by atoms with E-state index in [2.05, 4.69) is 0 Å². The molecule has 1 rings (SSSR count). The first-order chi connectivity index (χ1) is 7.19. The predicted molar refractivity (Wildman–Crippen MR) is 60.1 cm³/mol. The zero-order chi connectivity index (χ0) is 11.3. The molecule has 0 N–H and O–H groups in total. The number of Topliss-reactive ketones (excluding diaryl/α,β-unsaturated/α-hetero) is 1. The van der Waals surface area contributed by atoms with Gasteiger partial charge in [-0.25, -0.2) is 4.39 Å². The molecule has 3 heteroatoms. The van der Waals surface area contributed by atoms with Crippen LogP contribution < -0.4 is 0 Å². The fourth-order valence-corrected chi connectivity index (χ4v) is 1.52. The van der Waals surface area contributed by atoms with Crippen molar-refractivity contribution in [3.8, 4) is 0 Å². The molecule has 0 spiro atoms. The van der Waals surface area contributed by atoms with Crippen molar-refractivity contribution < 1.29 is 9.18 Å². The number of aryl methyl sites for hydroxylation is 1. The van der Waals surface area contributed by atoms with Gasteiger partial charge in [0.25, 0.3) is 0 Å². The first-order valence-corrected chi connectivity index (χ1v) is 5.60. The van der Waals surface area contributed by atoms with Gasteiger partial charge < -0.3 is 0 Å². The average molecular weight is 229 g/mol. The number of rotatable bonds is 5. The Morgan fingerprint density at radius 1 is 1.47 bits per heavy atom. The van der Waals surface area contributed by atoms with Crippen molar-refractivity contribution in [3.05, 3.63) is 35.1 Å². The van der Waals surface area contributed by atoms with Gasteiger partial charge in [-0.1, -0.05) is 6.92 Å². The Morgan fingerprint density at radius 3 is 2.80 bits per heavy atom. The topological polar surface area (TPSA) is 17.1 Å². The predicted octanol–water partition coefficient (Wildman–Crippen LogP) is 3.59. The van der Waals surface area contributed by atoms with Crippen LogP contribution in [0.4, 0.5) is 4.39 Å². The molecular formula is C12H14ClFO. The van der Waals surface area contributed by atoms with Crippen molar-refractivity contribution in [1.29, 1.82) is 0 Å². The highest BCUT2D eigenvalue weighted by Crippen LogP contribution is 2.13. The third-order valence-electron chi connectivity index (χ3n) is 2.29. The molecule has 1 aromatic carbocycles. The number of hydrogen-bond donors (Lipinski definition) is 0. The van der Waals surface area contributed by atoms with Gasteiger partial charge in [-0.3, -0.25) is 4.79 Å². The van der Waals surface area contributed by atoms with Crippen molar-refractivity contribution in [3.63, 3.8) is 0 Å². The number of ketones is 1. The second-order valence-electron chi connectivity index (χ2n) is 3.38. The van der Waals surface area contributed by atoms with Gasteiger partial charge in [-0.15, -0.1) is 11.6 Å². The van der Waals surface area contributed by atoms with Crippen LogP contribution >= 0.6 is 11.6 Å². The van der Waals surface area contributed by atoms with Gasteiger partial charge in [0.2, 0.25) is 0 Å². The van der Waals surface area contributed by atoms with Crippen LogP contribution in [0.2, 0.25) is 0 Å². The Balaban J connectivity index is 2.81. The minimum absolute atomic E-state index is 0.0327. The third kappa shape index (κ3) is 3.31. The Labute approximate surface area is 94.3 Å². The fourth-order valence-electron chi connectivity index (χ4n) is 1.39. The van der Waals surface area contributed by atoms with Crippen LogP contribution in [-0.4, -0.2) is 11.7 Å². The van der Waals surface area contributed by atoms with Gasteiger partial charge in [0.15, 0.2) is 5.78 Å². The number of carbonyl (C=O) groups excluding carboxylic acids is 1. The summed E-state index contributed by atoms with van der Waals surface area (Å²) in [5.74, 6) is 0.268. The van der Waals surface area contributed by atoms with Crippen LogP contribution in [0.5, 0.6) is 0 Å². The van der Waals surface area contributed by atoms with Crippen molar-refractivity contribution in [2.75, 3.05) is 5.88 Å². The highest BCUT2D eigenvalue weighted by Gasteiger charge is 2.08. The Morgan fingerprint density at radius 2 is 2.20 bits per heavy atom. The molecule has 82 valence electrons. The van der Waals surface area contributed by atoms with Crippen LogP contribution in [0.3, 0.4) is 0 Å². The molecule has 1 aromatic rings. The van der Waals surface area contributed by atoms with Gasteiger partial charge in [0.1, 0.15) is 5.82 Å². The maximum Gasteiger partial charge on any atom is 0.162 e. The van der Waals surface area contributed by atoms with E-state index in [1.54, 1.807) is 6.07 Å². The van der Waals surface area contributed by atoms with Crippen LogP contribution in [0.1, 0.15) is 35.7 Å². The smallest absolute Gasteiger partial charge is 0.162 e. The number of alkyl halides is 1. The lowest BCUT2D eigenvalue weighted by Crippen LogP contribution is -2.01. The van der Waals surface area contributed by atoms with Gasteiger partial charge in [0.05, 0.1) is 0 Å². The maximum atomic E-state index is 13.2. The molecule has 0 aliphatic heterocycles. The number of hydrogen-bond acceptors (Lipinski definition) is 1. The number of benzene rings is 1. The minimum atomic E-state index is -0.244. The van der Waals surface area contributed by atoms with Crippen molar-refractivity contribution in [2.24, 2.45) is 0 Å². The molecule has 0 unspecified atom stereocenters. The van der Waals surface area contributed by atoms with Gasteiger partial charge in [0, 0.05) is 17.9 Å². The summed E-state index contributed by atoms with van der Waals surface area (Å²) in [6.45, 7) is 1.87. The van der Waals surface area contributed by atoms with Crippen LogP contribution in [0, 0.1) is 5.82 Å². The average Bonchev–Trinajstić information content (AvgIpc) is 2.26. The Hall–Kier alpha value is -0.890. The molecule has 0 aliphatic rings. The molecule has 0 radical (unpaired) electrons. The molecule has 0 saturated carbocycles. The van der Waals surface area contributed by atoms with E-state index in [9.17, 15) is 9.18 Å². The summed E-state index contributed by atoms with van der Waals surface area (Å²) in [6, 6.07) is 4.52. The lowest BCUT2D eigenvalue weighted by atomic mass is 10.0. The van der Waals surface area contributed by atoms with E-state index >= 15 is 0 Å². The zero-order valence-electron chi connectivity index (χ0n) is 8.72. The SMILES string of the molecule is CCc1cc(C(=O)CCCCl)ccc1F. The van der Waals surface area contributed by atoms with Gasteiger partial charge in [-0.05, 0) is 36.6 Å². The lowest BCUT2D eigenvalue weighted by molar-refractivity contribution is 0.0982. The summed E-state index contributed by atoms with van der Waals surface area (Å²) in [5.41, 5.74) is 1.17. The van der Waals surface area contributed by atoms with E-state index < -0.39 is 0 Å². The molecule has 1 nitrogen and oxygen atoms in total. The van der Waals surface area contributed by atoms with Crippen LogP contribution in [-0.2, 0) is 6.42 Å². The number of carbonyl (C=O) groups is 1. The second-order valence-corrected chi connectivity index (χ2v) is 3.75. The third-order valence-corrected chi connectivity index (χ3v) is 2.55. The van der Waals surface area contributed by atoms with Crippen LogP contribution in [0.25, 0.3) is 0 Å². The number of halogens is 2. The molecule has 15 heavy (non-hydrogen) atoms. The molecule has 0 atom stereocenters. The Bertz CT molecular complexity index is 349. The monoisotopic (exact) mass is 228 g/mol. The quantitative estimate of drug-likeness (QED) is 0.556. The van der Waals surface area contributed by atoms with E-state index in [1.165, 1.54) is 12.1 Å². The molecule has 0 aliphatic carbocycles. The maximum absolute atomic E-state index is 13.2. The highest BCUT2D eigenvalue weighted by molar-refractivity contribution is 6.18. The van der Waals surface area contributed by atoms with Gasteiger partial charge in [-0.2, -0.15) is 0 Å². The first kappa shape index (κ1) is 12.2. The van der Waals surface area contributed by atoms with E-state index in [0.29, 0.717) is 36.3 Å². The van der Waals surface area contributed by atoms with Crippen LogP contribution in [0.15, 0.2) is 18.2 Å². The summed E-state index contributed by atoms with van der Waals surface area (Å²) < 4.78 is 13.2. The first-order valence-electron chi connectivity index (χ1n) is 5.06. The zero-order valence-corrected chi connectivity index (χ0v) is 9.48. The van der Waals surface area contributed by atoms with E-state index in [-0.39, 0.29) is 11.6 Å². The second kappa shape index (κ2) is 5.86. The van der Waals surface area contributed by atoms with E-state index in [4.69, 9.17) is 11.6 Å². The molecule has 0 aromatic heterocycles. The van der Waals surface area contributed by atoms with Crippen molar-refractivity contribution >= 4 is 17.4 Å². The molecular weight excluding hydrogens is 215 g/mol. The summed E-state index contributed by atoms with van der Waals surface area (Å²) in [5, 5.41) is 0. The molecule has 0 amide bonds. The van der Waals surface area contributed by atoms with Gasteiger partial charge >= 0.3 is 0 Å². The highest BCUT2D eigenvalue weighted by atomic mass is 35.5. The Kier molecular flexibility index (Phi) is 4.76. The largest absolute Gasteiger partial charge is 0.294 e. The lowest BCUT2D eigenvalue weighted by Gasteiger charge is -2.03. The summed E-state index contributed by atoms with van der Waals surface area (Å²) >= 11 is 5.50. The normalized spacial score (nSPS) is 10.3. The van der Waals surface area contributed by atoms with Crippen molar-refractivity contribution in [1.82, 2.24) is 0 Å². The standard InChI is InChI=1S/C12H14ClFO/c1-2-9-8-10(5-6-11(9)14)12(15)4-3-7-13/h5-6,8H,2-4,7H2,1H3. The molecule has 0 fully saturated rings.